The van der Waals surface area contributed by atoms with Crippen LogP contribution < -0.4 is 0 Å². The highest BCUT2D eigenvalue weighted by Gasteiger charge is 2.26. The average molecular weight is 161 g/mol. The second-order valence-electron chi connectivity index (χ2n) is 2.72. The molecule has 4 nitrogen and oxygen atoms in total. The Labute approximate surface area is 66.4 Å². The summed E-state index contributed by atoms with van der Waals surface area (Å²) in [6.07, 6.45) is -0.336. The fourth-order valence-corrected chi connectivity index (χ4v) is 0.953. The van der Waals surface area contributed by atoms with Crippen LogP contribution in [-0.2, 0) is 4.79 Å². The van der Waals surface area contributed by atoms with Gasteiger partial charge in [0, 0.05) is 0 Å². The minimum absolute atomic E-state index is 0.454. The summed E-state index contributed by atoms with van der Waals surface area (Å²) in [6.45, 7) is 1.75. The first-order chi connectivity index (χ1) is 5.00. The molecular weight excluding hydrogens is 146 g/mol. The monoisotopic (exact) mass is 161 g/mol. The van der Waals surface area contributed by atoms with Crippen LogP contribution >= 0.6 is 0 Å². The van der Waals surface area contributed by atoms with Gasteiger partial charge in [0.25, 0.3) is 0 Å². The number of rotatable bonds is 4. The molecule has 2 N–H and O–H groups in total. The van der Waals surface area contributed by atoms with Gasteiger partial charge in [0.15, 0.2) is 0 Å². The van der Waals surface area contributed by atoms with Crippen LogP contribution in [0.15, 0.2) is 0 Å². The molecule has 4 heteroatoms. The number of carbonyl (C=O) groups is 1. The molecule has 0 spiro atoms. The smallest absolute Gasteiger partial charge is 0.323 e. The van der Waals surface area contributed by atoms with Crippen LogP contribution in [0.25, 0.3) is 0 Å². The topological polar surface area (TPSA) is 60.8 Å². The van der Waals surface area contributed by atoms with Gasteiger partial charge in [-0.2, -0.15) is 0 Å². The van der Waals surface area contributed by atoms with Gasteiger partial charge in [0.2, 0.25) is 0 Å². The van der Waals surface area contributed by atoms with E-state index in [1.807, 2.05) is 0 Å². The molecule has 11 heavy (non-hydrogen) atoms. The van der Waals surface area contributed by atoms with Crippen molar-refractivity contribution in [2.45, 2.75) is 25.5 Å². The van der Waals surface area contributed by atoms with Crippen molar-refractivity contribution in [3.63, 3.8) is 0 Å². The molecule has 66 valence electrons. The third-order valence-electron chi connectivity index (χ3n) is 1.59. The van der Waals surface area contributed by atoms with Crippen LogP contribution in [-0.4, -0.2) is 47.3 Å². The van der Waals surface area contributed by atoms with E-state index >= 15 is 0 Å². The van der Waals surface area contributed by atoms with Gasteiger partial charge in [-0.3, -0.25) is 9.69 Å². The summed E-state index contributed by atoms with van der Waals surface area (Å²) in [5.41, 5.74) is 0. The van der Waals surface area contributed by atoms with Gasteiger partial charge < -0.3 is 10.2 Å². The number of aliphatic hydroxyl groups excluding tert-OH is 1. The van der Waals surface area contributed by atoms with Gasteiger partial charge in [-0.05, 0) is 20.5 Å². The molecule has 0 saturated heterocycles. The Kier molecular flexibility index (Phi) is 4.07. The van der Waals surface area contributed by atoms with Crippen molar-refractivity contribution in [2.24, 2.45) is 0 Å². The first-order valence-corrected chi connectivity index (χ1v) is 3.58. The van der Waals surface area contributed by atoms with Crippen LogP contribution in [0.4, 0.5) is 0 Å². The van der Waals surface area contributed by atoms with Gasteiger partial charge in [-0.1, -0.05) is 6.92 Å². The molecule has 0 aliphatic rings. The molecule has 0 aromatic heterocycles. The second kappa shape index (κ2) is 4.31. The lowest BCUT2D eigenvalue weighted by Gasteiger charge is -2.23. The van der Waals surface area contributed by atoms with E-state index in [1.54, 1.807) is 21.0 Å². The van der Waals surface area contributed by atoms with Crippen LogP contribution in [0.5, 0.6) is 0 Å². The zero-order valence-corrected chi connectivity index (χ0v) is 7.11. The summed E-state index contributed by atoms with van der Waals surface area (Å²) in [4.78, 5) is 12.0. The molecule has 2 unspecified atom stereocenters. The van der Waals surface area contributed by atoms with Crippen molar-refractivity contribution in [3.05, 3.63) is 0 Å². The molecule has 0 bridgehead atoms. The molecule has 0 aromatic carbocycles. The van der Waals surface area contributed by atoms with Crippen molar-refractivity contribution in [2.75, 3.05) is 14.1 Å². The number of aliphatic carboxylic acids is 1. The van der Waals surface area contributed by atoms with Crippen LogP contribution in [0.2, 0.25) is 0 Å². The molecule has 0 radical (unpaired) electrons. The Morgan fingerprint density at radius 1 is 1.55 bits per heavy atom. The standard InChI is InChI=1S/C7H15NO3/c1-4-5(9)6(7(10)11)8(2)3/h5-6,9H,4H2,1-3H3,(H,10,11). The zero-order valence-electron chi connectivity index (χ0n) is 7.11. The van der Waals surface area contributed by atoms with Crippen molar-refractivity contribution in [1.82, 2.24) is 4.90 Å². The third-order valence-corrected chi connectivity index (χ3v) is 1.59. The number of hydrogen-bond donors (Lipinski definition) is 2. The van der Waals surface area contributed by atoms with Crippen LogP contribution in [0, 0.1) is 0 Å². The third kappa shape index (κ3) is 2.86. The highest BCUT2D eigenvalue weighted by atomic mass is 16.4. The summed E-state index contributed by atoms with van der Waals surface area (Å²) in [5.74, 6) is -0.982. The van der Waals surface area contributed by atoms with Gasteiger partial charge >= 0.3 is 5.97 Å². The lowest BCUT2D eigenvalue weighted by atomic mass is 10.1. The molecule has 0 aromatic rings. The summed E-state index contributed by atoms with van der Waals surface area (Å²) in [5, 5.41) is 17.9. The van der Waals surface area contributed by atoms with Gasteiger partial charge in [0.05, 0.1) is 6.10 Å². The molecule has 0 saturated carbocycles. The highest BCUT2D eigenvalue weighted by Crippen LogP contribution is 2.03. The van der Waals surface area contributed by atoms with Gasteiger partial charge in [-0.25, -0.2) is 0 Å². The fraction of sp³-hybridized carbons (Fsp3) is 0.857. The van der Waals surface area contributed by atoms with E-state index < -0.39 is 18.1 Å². The lowest BCUT2D eigenvalue weighted by Crippen LogP contribution is -2.44. The average Bonchev–Trinajstić information content (AvgIpc) is 1.85. The predicted octanol–water partition coefficient (Wildman–Crippen LogP) is -0.228. The Hall–Kier alpha value is -0.610. The van der Waals surface area contributed by atoms with Crippen LogP contribution in [0.1, 0.15) is 13.3 Å². The van der Waals surface area contributed by atoms with Crippen molar-refractivity contribution < 1.29 is 15.0 Å². The maximum absolute atomic E-state index is 10.5. The Bertz CT molecular complexity index is 136. The molecule has 0 fully saturated rings. The summed E-state index contributed by atoms with van der Waals surface area (Å²) in [6, 6.07) is -0.792. The zero-order chi connectivity index (χ0) is 9.02. The minimum Gasteiger partial charge on any atom is -0.480 e. The number of likely N-dealkylation sites (N-methyl/N-ethyl adjacent to an activating group) is 1. The molecule has 0 aliphatic heterocycles. The van der Waals surface area contributed by atoms with E-state index in [1.165, 1.54) is 4.90 Å². The van der Waals surface area contributed by atoms with E-state index in [9.17, 15) is 9.90 Å². The largest absolute Gasteiger partial charge is 0.480 e. The van der Waals surface area contributed by atoms with E-state index in [0.29, 0.717) is 6.42 Å². The predicted molar refractivity (Wildman–Crippen MR) is 41.4 cm³/mol. The van der Waals surface area contributed by atoms with Crippen molar-refractivity contribution in [3.8, 4) is 0 Å². The number of hydrogen-bond acceptors (Lipinski definition) is 3. The quantitative estimate of drug-likeness (QED) is 0.598. The Morgan fingerprint density at radius 3 is 2.09 bits per heavy atom. The molecule has 0 heterocycles. The van der Waals surface area contributed by atoms with E-state index in [0.717, 1.165) is 0 Å². The van der Waals surface area contributed by atoms with E-state index in [2.05, 4.69) is 0 Å². The van der Waals surface area contributed by atoms with Crippen molar-refractivity contribution in [1.29, 1.82) is 0 Å². The lowest BCUT2D eigenvalue weighted by molar-refractivity contribution is -0.146. The SMILES string of the molecule is CCC(O)C(C(=O)O)N(C)C. The Balaban J connectivity index is 4.21. The van der Waals surface area contributed by atoms with Gasteiger partial charge in [-0.15, -0.1) is 0 Å². The molecule has 0 aliphatic carbocycles. The molecule has 2 atom stereocenters. The summed E-state index contributed by atoms with van der Waals surface area (Å²) in [7, 11) is 3.27. The maximum atomic E-state index is 10.5. The first kappa shape index (κ1) is 10.4. The number of aliphatic hydroxyl groups is 1. The van der Waals surface area contributed by atoms with E-state index in [-0.39, 0.29) is 0 Å². The summed E-state index contributed by atoms with van der Waals surface area (Å²) < 4.78 is 0. The van der Waals surface area contributed by atoms with Gasteiger partial charge in [0.1, 0.15) is 6.04 Å². The summed E-state index contributed by atoms with van der Waals surface area (Å²) >= 11 is 0. The highest BCUT2D eigenvalue weighted by molar-refractivity contribution is 5.74. The minimum atomic E-state index is -0.982. The fourth-order valence-electron chi connectivity index (χ4n) is 0.953. The first-order valence-electron chi connectivity index (χ1n) is 3.58. The molecule has 0 rings (SSSR count). The molecular formula is C7H15NO3. The Morgan fingerprint density at radius 2 is 2.00 bits per heavy atom. The van der Waals surface area contributed by atoms with E-state index in [4.69, 9.17) is 5.11 Å². The van der Waals surface area contributed by atoms with Crippen LogP contribution in [0.3, 0.4) is 0 Å². The normalized spacial score (nSPS) is 16.5. The van der Waals surface area contributed by atoms with Crippen molar-refractivity contribution >= 4 is 5.97 Å². The number of carboxylic acids is 1. The number of carboxylic acid groups (broad SMARTS) is 1. The maximum Gasteiger partial charge on any atom is 0.323 e. The second-order valence-corrected chi connectivity index (χ2v) is 2.72. The number of nitrogens with zero attached hydrogens (tertiary/aromatic N) is 1. The molecule has 0 amide bonds.